The maximum absolute atomic E-state index is 13.0. The van der Waals surface area contributed by atoms with Crippen LogP contribution in [0.2, 0.25) is 5.02 Å². The first-order valence-electron chi connectivity index (χ1n) is 11.1. The third-order valence-corrected chi connectivity index (χ3v) is 5.92. The summed E-state index contributed by atoms with van der Waals surface area (Å²) >= 11 is 6.09. The number of anilines is 2. The minimum Gasteiger partial charge on any atom is -0.496 e. The average molecular weight is 476 g/mol. The van der Waals surface area contributed by atoms with E-state index in [0.29, 0.717) is 42.5 Å². The lowest BCUT2D eigenvalue weighted by Crippen LogP contribution is -2.48. The highest BCUT2D eigenvalue weighted by Gasteiger charge is 2.24. The number of nitrogens with zero attached hydrogens (tertiary/aromatic N) is 2. The van der Waals surface area contributed by atoms with Crippen LogP contribution in [0.1, 0.15) is 15.9 Å². The van der Waals surface area contributed by atoms with Crippen molar-refractivity contribution in [2.75, 3.05) is 43.5 Å². The highest BCUT2D eigenvalue weighted by molar-refractivity contribution is 6.31. The Hall–Kier alpha value is -3.77. The number of carbonyl (C=O) groups excluding carboxylic acids is 2. The molecule has 0 unspecified atom stereocenters. The molecule has 0 saturated carbocycles. The van der Waals surface area contributed by atoms with E-state index >= 15 is 0 Å². The molecule has 3 aromatic rings. The van der Waals surface area contributed by atoms with Gasteiger partial charge in [0.2, 0.25) is 5.91 Å². The number of carbonyl (C=O) groups is 2. The van der Waals surface area contributed by atoms with Crippen LogP contribution in [0.25, 0.3) is 6.08 Å². The Morgan fingerprint density at radius 2 is 1.65 bits per heavy atom. The first kappa shape index (κ1) is 23.4. The number of rotatable bonds is 6. The summed E-state index contributed by atoms with van der Waals surface area (Å²) in [5.41, 5.74) is 3.22. The molecule has 0 radical (unpaired) electrons. The Bertz CT molecular complexity index is 1170. The van der Waals surface area contributed by atoms with Crippen molar-refractivity contribution in [2.45, 2.75) is 0 Å². The maximum Gasteiger partial charge on any atom is 0.257 e. The Morgan fingerprint density at radius 1 is 0.941 bits per heavy atom. The fourth-order valence-electron chi connectivity index (χ4n) is 3.86. The van der Waals surface area contributed by atoms with Gasteiger partial charge in [0.1, 0.15) is 5.75 Å². The van der Waals surface area contributed by atoms with Crippen molar-refractivity contribution in [1.82, 2.24) is 4.90 Å². The first-order valence-corrected chi connectivity index (χ1v) is 11.4. The SMILES string of the molecule is COc1ccc(Cl)cc1C(=O)N1CCN(c2ccc(NC(=O)/C=C/c3ccccc3)cc2)CC1. The summed E-state index contributed by atoms with van der Waals surface area (Å²) in [5, 5.41) is 3.38. The van der Waals surface area contributed by atoms with Crippen LogP contribution >= 0.6 is 11.6 Å². The van der Waals surface area contributed by atoms with Gasteiger partial charge in [-0.05, 0) is 54.1 Å². The van der Waals surface area contributed by atoms with Crippen molar-refractivity contribution in [3.8, 4) is 5.75 Å². The second-order valence-electron chi connectivity index (χ2n) is 7.90. The molecule has 1 saturated heterocycles. The lowest BCUT2D eigenvalue weighted by molar-refractivity contribution is -0.111. The van der Waals surface area contributed by atoms with Crippen LogP contribution in [-0.4, -0.2) is 50.0 Å². The summed E-state index contributed by atoms with van der Waals surface area (Å²) in [4.78, 5) is 29.2. The predicted octanol–water partition coefficient (Wildman–Crippen LogP) is 4.96. The highest BCUT2D eigenvalue weighted by Crippen LogP contribution is 2.25. The number of piperazine rings is 1. The van der Waals surface area contributed by atoms with Gasteiger partial charge >= 0.3 is 0 Å². The van der Waals surface area contributed by atoms with Crippen LogP contribution in [0.4, 0.5) is 11.4 Å². The number of nitrogens with one attached hydrogen (secondary N) is 1. The van der Waals surface area contributed by atoms with Crippen LogP contribution < -0.4 is 15.0 Å². The van der Waals surface area contributed by atoms with Crippen LogP contribution in [0.3, 0.4) is 0 Å². The molecule has 174 valence electrons. The van der Waals surface area contributed by atoms with Gasteiger partial charge in [0, 0.05) is 48.7 Å². The van der Waals surface area contributed by atoms with E-state index in [0.717, 1.165) is 16.9 Å². The predicted molar refractivity (Wildman–Crippen MR) is 137 cm³/mol. The van der Waals surface area contributed by atoms with Crippen molar-refractivity contribution >= 4 is 40.9 Å². The number of amides is 2. The maximum atomic E-state index is 13.0. The molecule has 0 atom stereocenters. The zero-order valence-electron chi connectivity index (χ0n) is 18.9. The largest absolute Gasteiger partial charge is 0.496 e. The highest BCUT2D eigenvalue weighted by atomic mass is 35.5. The molecule has 34 heavy (non-hydrogen) atoms. The average Bonchev–Trinajstić information content (AvgIpc) is 2.88. The zero-order valence-corrected chi connectivity index (χ0v) is 19.7. The molecular formula is C27H26ClN3O3. The van der Waals surface area contributed by atoms with E-state index in [2.05, 4.69) is 10.2 Å². The normalized spacial score (nSPS) is 13.7. The number of ether oxygens (including phenoxy) is 1. The minimum absolute atomic E-state index is 0.0828. The Balaban J connectivity index is 1.32. The van der Waals surface area contributed by atoms with Crippen LogP contribution in [0, 0.1) is 0 Å². The molecule has 3 aromatic carbocycles. The standard InChI is InChI=1S/C27H26ClN3O3/c1-34-25-13-8-21(28)19-24(25)27(33)31-17-15-30(16-18-31)23-11-9-22(10-12-23)29-26(32)14-7-20-5-3-2-4-6-20/h2-14,19H,15-18H2,1H3,(H,29,32)/b14-7+. The molecule has 0 aliphatic carbocycles. The molecule has 0 bridgehead atoms. The van der Waals surface area contributed by atoms with E-state index in [1.807, 2.05) is 59.5 Å². The molecule has 6 nitrogen and oxygen atoms in total. The quantitative estimate of drug-likeness (QED) is 0.512. The summed E-state index contributed by atoms with van der Waals surface area (Å²) in [6.45, 7) is 2.61. The van der Waals surface area contributed by atoms with Gasteiger partial charge in [-0.1, -0.05) is 41.9 Å². The fourth-order valence-corrected chi connectivity index (χ4v) is 4.03. The molecule has 1 N–H and O–H groups in total. The second-order valence-corrected chi connectivity index (χ2v) is 8.34. The van der Waals surface area contributed by atoms with E-state index in [4.69, 9.17) is 16.3 Å². The third kappa shape index (κ3) is 5.77. The van der Waals surface area contributed by atoms with Gasteiger partial charge in [0.05, 0.1) is 12.7 Å². The fraction of sp³-hybridized carbons (Fsp3) is 0.185. The van der Waals surface area contributed by atoms with E-state index in [1.165, 1.54) is 6.08 Å². The molecule has 4 rings (SSSR count). The number of methoxy groups -OCH3 is 1. The number of hydrogen-bond donors (Lipinski definition) is 1. The Morgan fingerprint density at radius 3 is 2.32 bits per heavy atom. The third-order valence-electron chi connectivity index (χ3n) is 5.69. The van der Waals surface area contributed by atoms with Gasteiger partial charge < -0.3 is 19.9 Å². The van der Waals surface area contributed by atoms with Gasteiger partial charge in [-0.25, -0.2) is 0 Å². The lowest BCUT2D eigenvalue weighted by Gasteiger charge is -2.36. The number of hydrogen-bond acceptors (Lipinski definition) is 4. The topological polar surface area (TPSA) is 61.9 Å². The van der Waals surface area contributed by atoms with Crippen molar-refractivity contribution in [3.05, 3.63) is 95.0 Å². The van der Waals surface area contributed by atoms with E-state index in [9.17, 15) is 9.59 Å². The summed E-state index contributed by atoms with van der Waals surface area (Å²) in [6.07, 6.45) is 3.30. The summed E-state index contributed by atoms with van der Waals surface area (Å²) in [6, 6.07) is 22.5. The zero-order chi connectivity index (χ0) is 23.9. The van der Waals surface area contributed by atoms with Crippen molar-refractivity contribution in [3.63, 3.8) is 0 Å². The Kier molecular flexibility index (Phi) is 7.50. The first-order chi connectivity index (χ1) is 16.5. The monoisotopic (exact) mass is 475 g/mol. The smallest absolute Gasteiger partial charge is 0.257 e. The molecule has 2 amide bonds. The van der Waals surface area contributed by atoms with Gasteiger partial charge in [-0.2, -0.15) is 0 Å². The molecule has 0 spiro atoms. The molecule has 0 aromatic heterocycles. The minimum atomic E-state index is -0.180. The van der Waals surface area contributed by atoms with E-state index < -0.39 is 0 Å². The van der Waals surface area contributed by atoms with E-state index in [-0.39, 0.29) is 11.8 Å². The number of benzene rings is 3. The van der Waals surface area contributed by atoms with Crippen molar-refractivity contribution in [1.29, 1.82) is 0 Å². The van der Waals surface area contributed by atoms with Gasteiger partial charge in [-0.3, -0.25) is 9.59 Å². The molecule has 1 heterocycles. The molecule has 7 heteroatoms. The molecule has 1 aliphatic heterocycles. The van der Waals surface area contributed by atoms with Crippen LogP contribution in [-0.2, 0) is 4.79 Å². The van der Waals surface area contributed by atoms with Gasteiger partial charge in [-0.15, -0.1) is 0 Å². The van der Waals surface area contributed by atoms with E-state index in [1.54, 1.807) is 31.4 Å². The summed E-state index contributed by atoms with van der Waals surface area (Å²) in [7, 11) is 1.55. The second kappa shape index (κ2) is 10.9. The molecular weight excluding hydrogens is 450 g/mol. The van der Waals surface area contributed by atoms with Crippen molar-refractivity contribution < 1.29 is 14.3 Å². The Labute approximate surface area is 204 Å². The summed E-state index contributed by atoms with van der Waals surface area (Å²) < 4.78 is 5.33. The molecule has 1 fully saturated rings. The summed E-state index contributed by atoms with van der Waals surface area (Å²) in [5.74, 6) is 0.258. The van der Waals surface area contributed by atoms with Crippen molar-refractivity contribution in [2.24, 2.45) is 0 Å². The number of halogens is 1. The van der Waals surface area contributed by atoms with Gasteiger partial charge in [0.25, 0.3) is 5.91 Å². The lowest BCUT2D eigenvalue weighted by atomic mass is 10.1. The van der Waals surface area contributed by atoms with Crippen LogP contribution in [0.15, 0.2) is 78.9 Å². The van der Waals surface area contributed by atoms with Gasteiger partial charge in [0.15, 0.2) is 0 Å². The van der Waals surface area contributed by atoms with Crippen LogP contribution in [0.5, 0.6) is 5.75 Å². The molecule has 1 aliphatic rings.